The number of hydrogen-bond donors (Lipinski definition) is 1. The Morgan fingerprint density at radius 2 is 1.81 bits per heavy atom. The van der Waals surface area contributed by atoms with E-state index in [1.165, 1.54) is 12.8 Å². The maximum Gasteiger partial charge on any atom is 0.232 e. The Bertz CT molecular complexity index is 489. The molecule has 4 heteroatoms. The molecular weight excluding hydrogens is 284 g/mol. The van der Waals surface area contributed by atoms with Crippen LogP contribution in [0.25, 0.3) is 0 Å². The van der Waals surface area contributed by atoms with Gasteiger partial charge in [0.2, 0.25) is 5.91 Å². The number of nitrogens with one attached hydrogen (secondary N) is 1. The van der Waals surface area contributed by atoms with Crippen LogP contribution < -0.4 is 5.32 Å². The van der Waals surface area contributed by atoms with E-state index in [2.05, 4.69) is 22.3 Å². The van der Waals surface area contributed by atoms with Crippen molar-refractivity contribution in [2.45, 2.75) is 50.6 Å². The molecule has 1 aromatic rings. The zero-order valence-electron chi connectivity index (χ0n) is 12.8. The van der Waals surface area contributed by atoms with E-state index < -0.39 is 5.41 Å². The summed E-state index contributed by atoms with van der Waals surface area (Å²) in [6.45, 7) is 5.84. The van der Waals surface area contributed by atoms with E-state index in [9.17, 15) is 4.79 Å². The van der Waals surface area contributed by atoms with E-state index >= 15 is 0 Å². The molecule has 0 spiro atoms. The molecule has 116 valence electrons. The second kappa shape index (κ2) is 6.37. The number of amides is 1. The molecule has 2 aliphatic rings. The average Bonchev–Trinajstić information content (AvgIpc) is 2.78. The predicted octanol–water partition coefficient (Wildman–Crippen LogP) is 2.74. The van der Waals surface area contributed by atoms with E-state index in [0.717, 1.165) is 25.1 Å². The van der Waals surface area contributed by atoms with Gasteiger partial charge in [0.05, 0.1) is 5.41 Å². The Morgan fingerprint density at radius 3 is 2.52 bits per heavy atom. The zero-order valence-corrected chi connectivity index (χ0v) is 13.7. The number of likely N-dealkylation sites (tertiary alicyclic amines) is 1. The molecule has 1 aromatic carbocycles. The van der Waals surface area contributed by atoms with Crippen molar-refractivity contribution in [3.8, 4) is 0 Å². The third-order valence-corrected chi connectivity index (χ3v) is 4.84. The molecule has 3 rings (SSSR count). The minimum atomic E-state index is -0.440. The Hall–Kier alpha value is -1.06. The van der Waals surface area contributed by atoms with Crippen molar-refractivity contribution in [3.05, 3.63) is 35.9 Å². The van der Waals surface area contributed by atoms with Crippen LogP contribution in [0.3, 0.4) is 0 Å². The number of rotatable bonds is 2. The Kier molecular flexibility index (Phi) is 4.95. The van der Waals surface area contributed by atoms with Crippen LogP contribution in [0.5, 0.6) is 0 Å². The molecule has 2 atom stereocenters. The van der Waals surface area contributed by atoms with E-state index in [4.69, 9.17) is 0 Å². The lowest BCUT2D eigenvalue weighted by Gasteiger charge is -2.33. The van der Waals surface area contributed by atoms with Crippen molar-refractivity contribution in [2.24, 2.45) is 0 Å². The van der Waals surface area contributed by atoms with Crippen LogP contribution >= 0.6 is 12.4 Å². The van der Waals surface area contributed by atoms with Crippen LogP contribution in [-0.2, 0) is 10.2 Å². The summed E-state index contributed by atoms with van der Waals surface area (Å²) in [5, 5.41) is 3.63. The standard InChI is InChI=1S/C17H24N2O.ClH/c1-17(2,13-6-4-3-5-7-13)16(20)19-11-10-14-8-9-15(12-19)18-14;/h3-7,14-15,18H,8-12H2,1-2H3;1H/t14-,15+;/m1./s1. The third kappa shape index (κ3) is 3.24. The number of nitrogens with zero attached hydrogens (tertiary/aromatic N) is 1. The summed E-state index contributed by atoms with van der Waals surface area (Å²) in [4.78, 5) is 15.0. The smallest absolute Gasteiger partial charge is 0.232 e. The van der Waals surface area contributed by atoms with Crippen LogP contribution in [0, 0.1) is 0 Å². The molecule has 21 heavy (non-hydrogen) atoms. The molecule has 0 saturated carbocycles. The molecule has 0 unspecified atom stereocenters. The minimum Gasteiger partial charge on any atom is -0.340 e. The summed E-state index contributed by atoms with van der Waals surface area (Å²) in [6.07, 6.45) is 3.57. The number of halogens is 1. The van der Waals surface area contributed by atoms with Gasteiger partial charge in [-0.25, -0.2) is 0 Å². The second-order valence-electron chi connectivity index (χ2n) is 6.67. The third-order valence-electron chi connectivity index (χ3n) is 4.84. The topological polar surface area (TPSA) is 32.3 Å². The van der Waals surface area contributed by atoms with Crippen molar-refractivity contribution >= 4 is 18.3 Å². The van der Waals surface area contributed by atoms with Crippen molar-refractivity contribution in [1.29, 1.82) is 0 Å². The van der Waals surface area contributed by atoms with Gasteiger partial charge in [0.15, 0.2) is 0 Å². The summed E-state index contributed by atoms with van der Waals surface area (Å²) >= 11 is 0. The van der Waals surface area contributed by atoms with Gasteiger partial charge >= 0.3 is 0 Å². The highest BCUT2D eigenvalue weighted by Crippen LogP contribution is 2.28. The molecule has 2 heterocycles. The van der Waals surface area contributed by atoms with Gasteiger partial charge in [-0.2, -0.15) is 0 Å². The lowest BCUT2D eigenvalue weighted by molar-refractivity contribution is -0.136. The number of benzene rings is 1. The minimum absolute atomic E-state index is 0. The molecule has 3 nitrogen and oxygen atoms in total. The fourth-order valence-electron chi connectivity index (χ4n) is 3.50. The number of carbonyl (C=O) groups excluding carboxylic acids is 1. The molecule has 0 radical (unpaired) electrons. The van der Waals surface area contributed by atoms with Gasteiger partial charge in [-0.1, -0.05) is 30.3 Å². The zero-order chi connectivity index (χ0) is 14.2. The van der Waals surface area contributed by atoms with Crippen molar-refractivity contribution in [1.82, 2.24) is 10.2 Å². The van der Waals surface area contributed by atoms with Gasteiger partial charge in [-0.05, 0) is 38.7 Å². The van der Waals surface area contributed by atoms with Crippen LogP contribution in [0.15, 0.2) is 30.3 Å². The maximum atomic E-state index is 12.9. The summed E-state index contributed by atoms with van der Waals surface area (Å²) in [5.41, 5.74) is 0.664. The van der Waals surface area contributed by atoms with Crippen molar-refractivity contribution in [2.75, 3.05) is 13.1 Å². The molecule has 0 aliphatic carbocycles. The van der Waals surface area contributed by atoms with Gasteiger partial charge in [0.25, 0.3) is 0 Å². The second-order valence-corrected chi connectivity index (χ2v) is 6.67. The van der Waals surface area contributed by atoms with Gasteiger partial charge < -0.3 is 10.2 Å². The fraction of sp³-hybridized carbons (Fsp3) is 0.588. The monoisotopic (exact) mass is 308 g/mol. The number of fused-ring (bicyclic) bond motifs is 2. The van der Waals surface area contributed by atoms with E-state index in [1.54, 1.807) is 0 Å². The van der Waals surface area contributed by atoms with E-state index in [1.807, 2.05) is 32.0 Å². The highest BCUT2D eigenvalue weighted by atomic mass is 35.5. The lowest BCUT2D eigenvalue weighted by Crippen LogP contribution is -2.47. The Labute approximate surface area is 133 Å². The highest BCUT2D eigenvalue weighted by molar-refractivity contribution is 5.87. The van der Waals surface area contributed by atoms with Crippen molar-refractivity contribution < 1.29 is 4.79 Å². The lowest BCUT2D eigenvalue weighted by atomic mass is 9.83. The van der Waals surface area contributed by atoms with E-state index in [0.29, 0.717) is 12.1 Å². The summed E-state index contributed by atoms with van der Waals surface area (Å²) < 4.78 is 0. The number of carbonyl (C=O) groups is 1. The summed E-state index contributed by atoms with van der Waals surface area (Å²) in [6, 6.07) is 11.3. The average molecular weight is 309 g/mol. The largest absolute Gasteiger partial charge is 0.340 e. The molecule has 1 amide bonds. The first-order valence-corrected chi connectivity index (χ1v) is 7.68. The van der Waals surface area contributed by atoms with Crippen molar-refractivity contribution in [3.63, 3.8) is 0 Å². The molecule has 0 aromatic heterocycles. The van der Waals surface area contributed by atoms with Crippen LogP contribution in [0.4, 0.5) is 0 Å². The normalized spacial score (nSPS) is 25.1. The maximum absolute atomic E-state index is 12.9. The van der Waals surface area contributed by atoms with E-state index in [-0.39, 0.29) is 18.3 Å². The summed E-state index contributed by atoms with van der Waals surface area (Å²) in [5.74, 6) is 0.262. The highest BCUT2D eigenvalue weighted by Gasteiger charge is 2.37. The SMILES string of the molecule is CC(C)(C(=O)N1CC[C@H]2CC[C@@H](C1)N2)c1ccccc1.Cl. The Morgan fingerprint density at radius 1 is 1.14 bits per heavy atom. The van der Waals surface area contributed by atoms with Crippen LogP contribution in [0.2, 0.25) is 0 Å². The first-order chi connectivity index (χ1) is 9.57. The van der Waals surface area contributed by atoms with Gasteiger partial charge in [-0.3, -0.25) is 4.79 Å². The molecule has 2 bridgehead atoms. The Balaban J connectivity index is 0.00000161. The quantitative estimate of drug-likeness (QED) is 0.911. The first kappa shape index (κ1) is 16.3. The molecule has 2 saturated heterocycles. The van der Waals surface area contributed by atoms with Gasteiger partial charge in [-0.15, -0.1) is 12.4 Å². The molecule has 2 aliphatic heterocycles. The molecule has 2 fully saturated rings. The number of hydrogen-bond acceptors (Lipinski definition) is 2. The van der Waals surface area contributed by atoms with Gasteiger partial charge in [0, 0.05) is 25.2 Å². The fourth-order valence-corrected chi connectivity index (χ4v) is 3.50. The summed E-state index contributed by atoms with van der Waals surface area (Å²) in [7, 11) is 0. The first-order valence-electron chi connectivity index (χ1n) is 7.68. The molecular formula is C17H25ClN2O. The van der Waals surface area contributed by atoms with Crippen LogP contribution in [-0.4, -0.2) is 36.0 Å². The molecule has 1 N–H and O–H groups in total. The predicted molar refractivity (Wildman–Crippen MR) is 87.9 cm³/mol. The van der Waals surface area contributed by atoms with Crippen LogP contribution in [0.1, 0.15) is 38.7 Å². The van der Waals surface area contributed by atoms with Gasteiger partial charge in [0.1, 0.15) is 0 Å².